The van der Waals surface area contributed by atoms with E-state index in [1.54, 1.807) is 6.92 Å². The summed E-state index contributed by atoms with van der Waals surface area (Å²) in [5.41, 5.74) is 0. The Morgan fingerprint density at radius 2 is 2.20 bits per heavy atom. The van der Waals surface area contributed by atoms with Crippen LogP contribution in [0.25, 0.3) is 0 Å². The van der Waals surface area contributed by atoms with Crippen LogP contribution in [0, 0.1) is 0 Å². The Kier molecular flexibility index (Phi) is 3.13. The second kappa shape index (κ2) is 4.01. The van der Waals surface area contributed by atoms with Crippen LogP contribution in [0.15, 0.2) is 17.3 Å². The zero-order chi connectivity index (χ0) is 11.6. The van der Waals surface area contributed by atoms with Crippen LogP contribution in [0.4, 0.5) is 0 Å². The fourth-order valence-electron chi connectivity index (χ4n) is 1.00. The lowest BCUT2D eigenvalue weighted by atomic mass is 10.3. The van der Waals surface area contributed by atoms with E-state index in [1.165, 1.54) is 24.2 Å². The lowest BCUT2D eigenvalue weighted by Gasteiger charge is -2.08. The van der Waals surface area contributed by atoms with E-state index in [2.05, 4.69) is 9.84 Å². The van der Waals surface area contributed by atoms with Crippen molar-refractivity contribution in [3.8, 4) is 0 Å². The van der Waals surface area contributed by atoms with Crippen LogP contribution in [0.1, 0.15) is 13.0 Å². The standard InChI is InChI=1S/C8H12N2O4S/c1-6(8(11)14-2)10-5-7(4-9-10)15(3,12)13/h4-6H,1-3H3/t6-/m0/s1. The summed E-state index contributed by atoms with van der Waals surface area (Å²) in [6, 6.07) is -0.634. The Hall–Kier alpha value is -1.37. The van der Waals surface area contributed by atoms with Crippen LogP contribution < -0.4 is 0 Å². The van der Waals surface area contributed by atoms with Gasteiger partial charge in [-0.25, -0.2) is 13.2 Å². The number of carbonyl (C=O) groups excluding carboxylic acids is 1. The molecule has 0 radical (unpaired) electrons. The molecule has 0 aromatic carbocycles. The lowest BCUT2D eigenvalue weighted by molar-refractivity contribution is -0.144. The van der Waals surface area contributed by atoms with Crippen molar-refractivity contribution in [1.29, 1.82) is 0 Å². The third kappa shape index (κ3) is 2.56. The van der Waals surface area contributed by atoms with E-state index in [4.69, 9.17) is 0 Å². The van der Waals surface area contributed by atoms with Crippen molar-refractivity contribution in [2.24, 2.45) is 0 Å². The van der Waals surface area contributed by atoms with Gasteiger partial charge in [0.2, 0.25) is 0 Å². The van der Waals surface area contributed by atoms with Gasteiger partial charge in [0.15, 0.2) is 9.84 Å². The minimum atomic E-state index is -3.28. The summed E-state index contributed by atoms with van der Waals surface area (Å²) in [7, 11) is -2.02. The molecular formula is C8H12N2O4S. The molecule has 1 rings (SSSR count). The highest BCUT2D eigenvalue weighted by molar-refractivity contribution is 7.90. The van der Waals surface area contributed by atoms with E-state index < -0.39 is 21.8 Å². The highest BCUT2D eigenvalue weighted by Gasteiger charge is 2.18. The first-order chi connectivity index (χ1) is 6.86. The highest BCUT2D eigenvalue weighted by Crippen LogP contribution is 2.11. The van der Waals surface area contributed by atoms with E-state index >= 15 is 0 Å². The number of esters is 1. The largest absolute Gasteiger partial charge is 0.467 e. The summed E-state index contributed by atoms with van der Waals surface area (Å²) >= 11 is 0. The van der Waals surface area contributed by atoms with E-state index in [9.17, 15) is 13.2 Å². The number of sulfone groups is 1. The van der Waals surface area contributed by atoms with Crippen molar-refractivity contribution >= 4 is 15.8 Å². The van der Waals surface area contributed by atoms with Crippen LogP contribution in [-0.4, -0.2) is 37.5 Å². The molecule has 0 spiro atoms. The second-order valence-corrected chi connectivity index (χ2v) is 5.14. The van der Waals surface area contributed by atoms with Crippen molar-refractivity contribution in [3.63, 3.8) is 0 Å². The van der Waals surface area contributed by atoms with Gasteiger partial charge in [0.05, 0.1) is 13.3 Å². The van der Waals surface area contributed by atoms with Crippen LogP contribution in [0.2, 0.25) is 0 Å². The number of aromatic nitrogens is 2. The Morgan fingerprint density at radius 1 is 1.60 bits per heavy atom. The summed E-state index contributed by atoms with van der Waals surface area (Å²) in [4.78, 5) is 11.2. The zero-order valence-corrected chi connectivity index (χ0v) is 9.48. The molecule has 0 saturated heterocycles. The van der Waals surface area contributed by atoms with Gasteiger partial charge in [0, 0.05) is 12.5 Å². The number of carbonyl (C=O) groups is 1. The van der Waals surface area contributed by atoms with Gasteiger partial charge in [-0.05, 0) is 6.92 Å². The normalized spacial score (nSPS) is 13.5. The minimum absolute atomic E-state index is 0.0817. The number of methoxy groups -OCH3 is 1. The van der Waals surface area contributed by atoms with Crippen molar-refractivity contribution in [2.45, 2.75) is 17.9 Å². The van der Waals surface area contributed by atoms with E-state index in [0.717, 1.165) is 6.26 Å². The molecule has 0 aliphatic heterocycles. The quantitative estimate of drug-likeness (QED) is 0.686. The molecule has 0 aliphatic carbocycles. The summed E-state index contributed by atoms with van der Waals surface area (Å²) in [6.07, 6.45) is 3.59. The van der Waals surface area contributed by atoms with Crippen LogP contribution >= 0.6 is 0 Å². The smallest absolute Gasteiger partial charge is 0.330 e. The van der Waals surface area contributed by atoms with E-state index in [0.29, 0.717) is 0 Å². The SMILES string of the molecule is COC(=O)[C@H](C)n1cc(S(C)(=O)=O)cn1. The minimum Gasteiger partial charge on any atom is -0.467 e. The van der Waals surface area contributed by atoms with E-state index in [1.807, 2.05) is 0 Å². The Labute approximate surface area is 87.8 Å². The zero-order valence-electron chi connectivity index (χ0n) is 8.67. The first kappa shape index (κ1) is 11.7. The molecule has 0 fully saturated rings. The van der Waals surface area contributed by atoms with Gasteiger partial charge in [0.25, 0.3) is 0 Å². The maximum Gasteiger partial charge on any atom is 0.330 e. The fourth-order valence-corrected chi connectivity index (χ4v) is 1.54. The molecular weight excluding hydrogens is 220 g/mol. The van der Waals surface area contributed by atoms with Crippen molar-refractivity contribution in [3.05, 3.63) is 12.4 Å². The lowest BCUT2D eigenvalue weighted by Crippen LogP contribution is -2.18. The molecule has 1 heterocycles. The molecule has 7 heteroatoms. The molecule has 84 valence electrons. The van der Waals surface area contributed by atoms with Crippen LogP contribution in [-0.2, 0) is 19.4 Å². The van der Waals surface area contributed by atoms with Gasteiger partial charge in [-0.15, -0.1) is 0 Å². The van der Waals surface area contributed by atoms with Gasteiger partial charge >= 0.3 is 5.97 Å². The van der Waals surface area contributed by atoms with Crippen LogP contribution in [0.5, 0.6) is 0 Å². The first-order valence-electron chi connectivity index (χ1n) is 4.18. The third-order valence-corrected chi connectivity index (χ3v) is 3.01. The topological polar surface area (TPSA) is 78.3 Å². The predicted octanol–water partition coefficient (Wildman–Crippen LogP) is 0.0206. The van der Waals surface area contributed by atoms with Crippen LogP contribution in [0.3, 0.4) is 0 Å². The molecule has 1 atom stereocenters. The molecule has 0 N–H and O–H groups in total. The Bertz CT molecular complexity index is 463. The van der Waals surface area contributed by atoms with Crippen molar-refractivity contribution in [2.75, 3.05) is 13.4 Å². The van der Waals surface area contributed by atoms with Gasteiger partial charge in [-0.3, -0.25) is 4.68 Å². The monoisotopic (exact) mass is 232 g/mol. The molecule has 15 heavy (non-hydrogen) atoms. The summed E-state index contributed by atoms with van der Waals surface area (Å²) in [5, 5.41) is 3.79. The second-order valence-electron chi connectivity index (χ2n) is 3.13. The molecule has 6 nitrogen and oxygen atoms in total. The average molecular weight is 232 g/mol. The summed E-state index contributed by atoms with van der Waals surface area (Å²) in [5.74, 6) is -0.474. The molecule has 1 aromatic rings. The highest BCUT2D eigenvalue weighted by atomic mass is 32.2. The van der Waals surface area contributed by atoms with E-state index in [-0.39, 0.29) is 4.90 Å². The molecule has 1 aromatic heterocycles. The molecule has 0 aliphatic rings. The Morgan fingerprint density at radius 3 is 2.60 bits per heavy atom. The van der Waals surface area contributed by atoms with Crippen molar-refractivity contribution < 1.29 is 17.9 Å². The molecule has 0 bridgehead atoms. The molecule has 0 amide bonds. The fraction of sp³-hybridized carbons (Fsp3) is 0.500. The predicted molar refractivity (Wildman–Crippen MR) is 52.1 cm³/mol. The molecule has 0 unspecified atom stereocenters. The number of nitrogens with zero attached hydrogens (tertiary/aromatic N) is 2. The van der Waals surface area contributed by atoms with Crippen molar-refractivity contribution in [1.82, 2.24) is 9.78 Å². The van der Waals surface area contributed by atoms with Gasteiger partial charge < -0.3 is 4.74 Å². The number of ether oxygens (including phenoxy) is 1. The summed E-state index contributed by atoms with van der Waals surface area (Å²) < 4.78 is 28.0. The average Bonchev–Trinajstić information content (AvgIpc) is 2.63. The van der Waals surface area contributed by atoms with Gasteiger partial charge in [-0.2, -0.15) is 5.10 Å². The van der Waals surface area contributed by atoms with Gasteiger partial charge in [0.1, 0.15) is 10.9 Å². The first-order valence-corrected chi connectivity index (χ1v) is 6.07. The number of hydrogen-bond acceptors (Lipinski definition) is 5. The summed E-state index contributed by atoms with van der Waals surface area (Å²) in [6.45, 7) is 1.57. The maximum atomic E-state index is 11.1. The number of hydrogen-bond donors (Lipinski definition) is 0. The number of rotatable bonds is 3. The van der Waals surface area contributed by atoms with Gasteiger partial charge in [-0.1, -0.05) is 0 Å². The molecule has 0 saturated carbocycles. The Balaban J connectivity index is 3.00. The third-order valence-electron chi connectivity index (χ3n) is 1.95. The maximum absolute atomic E-state index is 11.1.